The summed E-state index contributed by atoms with van der Waals surface area (Å²) in [5, 5.41) is 13.0. The number of aromatic amines is 1. The van der Waals surface area contributed by atoms with Crippen molar-refractivity contribution in [3.8, 4) is 17.3 Å². The van der Waals surface area contributed by atoms with Crippen molar-refractivity contribution in [1.29, 1.82) is 5.26 Å². The summed E-state index contributed by atoms with van der Waals surface area (Å²) in [4.78, 5) is 15.4. The van der Waals surface area contributed by atoms with E-state index in [1.165, 1.54) is 12.4 Å². The molecule has 1 atom stereocenters. The third kappa shape index (κ3) is 5.71. The van der Waals surface area contributed by atoms with Crippen molar-refractivity contribution in [3.63, 3.8) is 0 Å². The van der Waals surface area contributed by atoms with Crippen LogP contribution in [0.1, 0.15) is 43.7 Å². The number of nitrogens with one attached hydrogen (secondary N) is 3. The Bertz CT molecular complexity index is 1370. The van der Waals surface area contributed by atoms with Gasteiger partial charge in [0.25, 0.3) is 0 Å². The molecule has 186 valence electrons. The molecule has 0 radical (unpaired) electrons. The third-order valence-corrected chi connectivity index (χ3v) is 7.00. The number of H-pyrrole nitrogens is 1. The topological polar surface area (TPSA) is 136 Å². The molecular weight excluding hydrogens is 483 g/mol. The van der Waals surface area contributed by atoms with Crippen molar-refractivity contribution in [2.24, 2.45) is 5.92 Å². The first-order valence-corrected chi connectivity index (χ1v) is 12.9. The Labute approximate surface area is 200 Å². The Balaban J connectivity index is 1.56. The molecule has 3 aromatic rings. The van der Waals surface area contributed by atoms with Crippen molar-refractivity contribution in [2.45, 2.75) is 50.9 Å². The number of hydrogen-bond donors (Lipinski definition) is 3. The van der Waals surface area contributed by atoms with Crippen LogP contribution in [0.5, 0.6) is 0 Å². The number of aromatic nitrogens is 4. The Hall–Kier alpha value is -3.24. The van der Waals surface area contributed by atoms with Crippen LogP contribution in [-0.4, -0.2) is 46.7 Å². The third-order valence-electron chi connectivity index (χ3n) is 6.24. The van der Waals surface area contributed by atoms with Crippen molar-refractivity contribution >= 4 is 27.0 Å². The molecule has 0 amide bonds. The van der Waals surface area contributed by atoms with Gasteiger partial charge in [-0.1, -0.05) is 0 Å². The second-order valence-corrected chi connectivity index (χ2v) is 10.6. The van der Waals surface area contributed by atoms with Gasteiger partial charge < -0.3 is 10.3 Å². The molecular formula is C22H24F3N7O2S. The summed E-state index contributed by atoms with van der Waals surface area (Å²) in [6.45, 7) is 1.97. The van der Waals surface area contributed by atoms with Gasteiger partial charge in [-0.25, -0.2) is 28.1 Å². The fraction of sp³-hybridized carbons (Fsp3) is 0.455. The van der Waals surface area contributed by atoms with Gasteiger partial charge >= 0.3 is 6.18 Å². The highest BCUT2D eigenvalue weighted by Crippen LogP contribution is 2.35. The van der Waals surface area contributed by atoms with Crippen LogP contribution in [0.15, 0.2) is 24.7 Å². The number of hydrogen-bond acceptors (Lipinski definition) is 7. The zero-order valence-electron chi connectivity index (χ0n) is 19.0. The van der Waals surface area contributed by atoms with Gasteiger partial charge in [0.2, 0.25) is 16.0 Å². The summed E-state index contributed by atoms with van der Waals surface area (Å²) in [6.07, 6.45) is 3.20. The molecule has 4 rings (SSSR count). The van der Waals surface area contributed by atoms with Crippen molar-refractivity contribution in [3.05, 3.63) is 35.8 Å². The molecule has 0 aliphatic heterocycles. The SMILES string of the molecule is C[C@@H](Nc1ncc(C#N)c(-c2c[nH]c3ncc(C(F)(F)F)cc23)n1)[C@H]1CC[C@H](NS(C)(=O)=O)CC1. The number of rotatable bonds is 6. The fourth-order valence-electron chi connectivity index (χ4n) is 4.45. The summed E-state index contributed by atoms with van der Waals surface area (Å²) in [5.41, 5.74) is -0.00990. The number of sulfonamides is 1. The van der Waals surface area contributed by atoms with E-state index >= 15 is 0 Å². The Morgan fingerprint density at radius 3 is 2.54 bits per heavy atom. The van der Waals surface area contributed by atoms with Gasteiger partial charge in [-0.3, -0.25) is 0 Å². The van der Waals surface area contributed by atoms with Crippen LogP contribution in [0, 0.1) is 17.2 Å². The zero-order chi connectivity index (χ0) is 25.4. The molecule has 1 aliphatic rings. The standard InChI is InChI=1S/C22H24F3N7O2S/c1-12(13-3-5-16(6-4-13)32-35(2,33)34)30-21-29-9-14(8-26)19(31-21)18-11-28-20-17(18)7-15(10-27-20)22(23,24)25/h7,9-13,16,32H,3-6H2,1-2H3,(H,27,28)(H,29,30,31)/t12-,13-,16-/m1/s1. The number of fused-ring (bicyclic) bond motifs is 1. The molecule has 3 N–H and O–H groups in total. The number of nitrogens with zero attached hydrogens (tertiary/aromatic N) is 4. The first kappa shape index (κ1) is 24.9. The van der Waals surface area contributed by atoms with Crippen molar-refractivity contribution in [2.75, 3.05) is 11.6 Å². The van der Waals surface area contributed by atoms with Gasteiger partial charge in [0.15, 0.2) is 0 Å². The quantitative estimate of drug-likeness (QED) is 0.461. The van der Waals surface area contributed by atoms with Crippen LogP contribution in [0.25, 0.3) is 22.3 Å². The molecule has 3 aromatic heterocycles. The van der Waals surface area contributed by atoms with E-state index in [-0.39, 0.29) is 46.2 Å². The lowest BCUT2D eigenvalue weighted by Gasteiger charge is -2.32. The second-order valence-electron chi connectivity index (χ2n) is 8.82. The van der Waals surface area contributed by atoms with E-state index in [0.717, 1.165) is 31.4 Å². The summed E-state index contributed by atoms with van der Waals surface area (Å²) in [7, 11) is -3.25. The van der Waals surface area contributed by atoms with E-state index in [0.29, 0.717) is 18.4 Å². The molecule has 0 saturated heterocycles. The Morgan fingerprint density at radius 1 is 1.20 bits per heavy atom. The molecule has 1 aliphatic carbocycles. The van der Waals surface area contributed by atoms with E-state index in [4.69, 9.17) is 0 Å². The first-order valence-electron chi connectivity index (χ1n) is 11.0. The predicted molar refractivity (Wildman–Crippen MR) is 124 cm³/mol. The molecule has 1 saturated carbocycles. The minimum atomic E-state index is -4.56. The lowest BCUT2D eigenvalue weighted by molar-refractivity contribution is -0.137. The van der Waals surface area contributed by atoms with E-state index in [1.807, 2.05) is 13.0 Å². The summed E-state index contributed by atoms with van der Waals surface area (Å²) < 4.78 is 65.2. The number of nitriles is 1. The average molecular weight is 508 g/mol. The maximum absolute atomic E-state index is 13.2. The first-order chi connectivity index (χ1) is 16.4. The van der Waals surface area contributed by atoms with Crippen LogP contribution in [0.4, 0.5) is 19.1 Å². The minimum Gasteiger partial charge on any atom is -0.351 e. The largest absolute Gasteiger partial charge is 0.417 e. The maximum Gasteiger partial charge on any atom is 0.417 e. The highest BCUT2D eigenvalue weighted by atomic mass is 32.2. The summed E-state index contributed by atoms with van der Waals surface area (Å²) in [5.74, 6) is 0.499. The van der Waals surface area contributed by atoms with Gasteiger partial charge in [0.1, 0.15) is 11.7 Å². The van der Waals surface area contributed by atoms with Gasteiger partial charge in [-0.05, 0) is 44.6 Å². The second kappa shape index (κ2) is 9.43. The maximum atomic E-state index is 13.2. The fourth-order valence-corrected chi connectivity index (χ4v) is 5.30. The van der Waals surface area contributed by atoms with E-state index in [1.54, 1.807) is 0 Å². The van der Waals surface area contributed by atoms with Gasteiger partial charge in [0, 0.05) is 35.4 Å². The monoisotopic (exact) mass is 507 g/mol. The van der Waals surface area contributed by atoms with Crippen LogP contribution in [-0.2, 0) is 16.2 Å². The number of alkyl halides is 3. The smallest absolute Gasteiger partial charge is 0.351 e. The number of anilines is 1. The van der Waals surface area contributed by atoms with Crippen molar-refractivity contribution in [1.82, 2.24) is 24.7 Å². The molecule has 0 aromatic carbocycles. The van der Waals surface area contributed by atoms with Crippen LogP contribution in [0.2, 0.25) is 0 Å². The molecule has 9 nitrogen and oxygen atoms in total. The highest BCUT2D eigenvalue weighted by molar-refractivity contribution is 7.88. The van der Waals surface area contributed by atoms with Gasteiger partial charge in [-0.15, -0.1) is 0 Å². The molecule has 0 spiro atoms. The molecule has 3 heterocycles. The molecule has 0 unspecified atom stereocenters. The average Bonchev–Trinajstić information content (AvgIpc) is 3.21. The van der Waals surface area contributed by atoms with E-state index in [2.05, 4.69) is 30.0 Å². The zero-order valence-corrected chi connectivity index (χ0v) is 19.8. The lowest BCUT2D eigenvalue weighted by Crippen LogP contribution is -2.39. The summed E-state index contributed by atoms with van der Waals surface area (Å²) >= 11 is 0. The molecule has 1 fully saturated rings. The minimum absolute atomic E-state index is 0.0450. The molecule has 0 bridgehead atoms. The van der Waals surface area contributed by atoms with Crippen molar-refractivity contribution < 1.29 is 21.6 Å². The Kier molecular flexibility index (Phi) is 6.70. The Morgan fingerprint density at radius 2 is 1.91 bits per heavy atom. The van der Waals surface area contributed by atoms with Gasteiger partial charge in [-0.2, -0.15) is 18.4 Å². The number of halogens is 3. The van der Waals surface area contributed by atoms with Crippen LogP contribution < -0.4 is 10.0 Å². The lowest BCUT2D eigenvalue weighted by atomic mass is 9.82. The van der Waals surface area contributed by atoms with E-state index in [9.17, 15) is 26.9 Å². The van der Waals surface area contributed by atoms with Crippen LogP contribution >= 0.6 is 0 Å². The predicted octanol–water partition coefficient (Wildman–Crippen LogP) is 3.82. The van der Waals surface area contributed by atoms with E-state index < -0.39 is 21.8 Å². The van der Waals surface area contributed by atoms with Gasteiger partial charge in [0.05, 0.1) is 29.3 Å². The number of pyridine rings is 1. The van der Waals surface area contributed by atoms with Crippen LogP contribution in [0.3, 0.4) is 0 Å². The normalized spacial score (nSPS) is 19.9. The molecule has 35 heavy (non-hydrogen) atoms. The summed E-state index contributed by atoms with van der Waals surface area (Å²) in [6, 6.07) is 2.85. The molecule has 13 heteroatoms. The highest BCUT2D eigenvalue weighted by Gasteiger charge is 2.32.